The molecule has 2 aromatic rings. The highest BCUT2D eigenvalue weighted by Gasteiger charge is 2.31. The zero-order valence-electron chi connectivity index (χ0n) is 14.3. The molecule has 4 nitrogen and oxygen atoms in total. The third-order valence-corrected chi connectivity index (χ3v) is 6.58. The minimum atomic E-state index is 0.165. The summed E-state index contributed by atoms with van der Waals surface area (Å²) in [5.41, 5.74) is 9.62. The molecule has 130 valence electrons. The van der Waals surface area contributed by atoms with Crippen molar-refractivity contribution in [3.8, 4) is 11.1 Å². The Labute approximate surface area is 153 Å². The Kier molecular flexibility index (Phi) is 5.02. The van der Waals surface area contributed by atoms with Crippen molar-refractivity contribution in [3.05, 3.63) is 48.5 Å². The smallest absolute Gasteiger partial charge is 0.154 e. The predicted molar refractivity (Wildman–Crippen MR) is 104 cm³/mol. The lowest BCUT2D eigenvalue weighted by Crippen LogP contribution is -2.29. The second-order valence-corrected chi connectivity index (χ2v) is 8.29. The number of aromatic nitrogens is 2. The molecule has 4 rings (SSSR count). The van der Waals surface area contributed by atoms with E-state index in [9.17, 15) is 0 Å². The van der Waals surface area contributed by atoms with Crippen LogP contribution in [0, 0.1) is 5.92 Å². The fraction of sp³-hybridized carbons (Fsp3) is 0.450. The zero-order chi connectivity index (χ0) is 17.1. The van der Waals surface area contributed by atoms with Crippen molar-refractivity contribution in [2.75, 3.05) is 0 Å². The van der Waals surface area contributed by atoms with Crippen molar-refractivity contribution in [2.24, 2.45) is 16.6 Å². The van der Waals surface area contributed by atoms with E-state index in [2.05, 4.69) is 34.2 Å². The largest absolute Gasteiger partial charge is 0.379 e. The molecule has 1 saturated carbocycles. The van der Waals surface area contributed by atoms with Crippen molar-refractivity contribution < 1.29 is 0 Å². The SMILES string of the molecule is NC1=NC(c2cccc(-c3cncnc3)c2)CC(C2CCCCC2)S1. The molecular weight excluding hydrogens is 328 g/mol. The Morgan fingerprint density at radius 2 is 1.80 bits per heavy atom. The summed E-state index contributed by atoms with van der Waals surface area (Å²) in [5, 5.41) is 1.35. The number of thioether (sulfide) groups is 1. The summed E-state index contributed by atoms with van der Waals surface area (Å²) in [6, 6.07) is 8.75. The van der Waals surface area contributed by atoms with Crippen LogP contribution in [0.2, 0.25) is 0 Å². The van der Waals surface area contributed by atoms with Gasteiger partial charge < -0.3 is 5.73 Å². The Bertz CT molecular complexity index is 740. The lowest BCUT2D eigenvalue weighted by Gasteiger charge is -2.34. The summed E-state index contributed by atoms with van der Waals surface area (Å²) in [6.07, 6.45) is 13.2. The molecule has 1 aromatic carbocycles. The number of amidine groups is 1. The fourth-order valence-electron chi connectivity index (χ4n) is 4.04. The molecule has 0 bridgehead atoms. The van der Waals surface area contributed by atoms with E-state index in [4.69, 9.17) is 10.7 Å². The fourth-order valence-corrected chi connectivity index (χ4v) is 5.28. The van der Waals surface area contributed by atoms with Crippen LogP contribution in [0.25, 0.3) is 11.1 Å². The van der Waals surface area contributed by atoms with Gasteiger partial charge >= 0.3 is 0 Å². The van der Waals surface area contributed by atoms with E-state index in [1.165, 1.54) is 37.7 Å². The molecule has 5 heteroatoms. The van der Waals surface area contributed by atoms with Crippen LogP contribution >= 0.6 is 11.8 Å². The minimum absolute atomic E-state index is 0.165. The van der Waals surface area contributed by atoms with Crippen molar-refractivity contribution in [3.63, 3.8) is 0 Å². The number of benzene rings is 1. The predicted octanol–water partition coefficient (Wildman–Crippen LogP) is 4.59. The third-order valence-electron chi connectivity index (χ3n) is 5.35. The Morgan fingerprint density at radius 1 is 1.00 bits per heavy atom. The second kappa shape index (κ2) is 7.56. The van der Waals surface area contributed by atoms with Gasteiger partial charge in [-0.1, -0.05) is 49.2 Å². The van der Waals surface area contributed by atoms with Crippen LogP contribution in [0.5, 0.6) is 0 Å². The van der Waals surface area contributed by atoms with E-state index in [1.54, 1.807) is 18.1 Å². The van der Waals surface area contributed by atoms with E-state index < -0.39 is 0 Å². The molecular formula is C20H24N4S. The molecule has 2 atom stereocenters. The van der Waals surface area contributed by atoms with Gasteiger partial charge in [-0.2, -0.15) is 0 Å². The highest BCUT2D eigenvalue weighted by Crippen LogP contribution is 2.42. The average Bonchev–Trinajstić information content (AvgIpc) is 2.69. The first kappa shape index (κ1) is 16.6. The lowest BCUT2D eigenvalue weighted by molar-refractivity contribution is 0.332. The van der Waals surface area contributed by atoms with E-state index in [0.29, 0.717) is 5.25 Å². The van der Waals surface area contributed by atoms with Crippen LogP contribution in [-0.4, -0.2) is 20.4 Å². The number of rotatable bonds is 3. The highest BCUT2D eigenvalue weighted by atomic mass is 32.2. The van der Waals surface area contributed by atoms with Crippen LogP contribution in [0.1, 0.15) is 50.1 Å². The van der Waals surface area contributed by atoms with Gasteiger partial charge in [0.25, 0.3) is 0 Å². The molecule has 1 aliphatic carbocycles. The van der Waals surface area contributed by atoms with Crippen molar-refractivity contribution >= 4 is 16.9 Å². The first-order valence-electron chi connectivity index (χ1n) is 9.15. The Balaban J connectivity index is 1.57. The van der Waals surface area contributed by atoms with Crippen molar-refractivity contribution in [1.82, 2.24) is 9.97 Å². The molecule has 0 saturated heterocycles. The molecule has 1 fully saturated rings. The second-order valence-electron chi connectivity index (χ2n) is 7.03. The standard InChI is InChI=1S/C20H24N4S/c21-20-24-18(10-19(25-20)14-5-2-1-3-6-14)16-8-4-7-15(9-16)17-11-22-13-23-12-17/h4,7-9,11-14,18-19H,1-3,5-6,10H2,(H2,21,24). The van der Waals surface area contributed by atoms with Gasteiger partial charge in [-0.3, -0.25) is 4.99 Å². The molecule has 2 unspecified atom stereocenters. The first-order chi connectivity index (χ1) is 12.3. The summed E-state index contributed by atoms with van der Waals surface area (Å²) in [5.74, 6) is 0.793. The monoisotopic (exact) mass is 352 g/mol. The quantitative estimate of drug-likeness (QED) is 0.878. The normalized spacial score (nSPS) is 24.7. The molecule has 0 amide bonds. The van der Waals surface area contributed by atoms with Gasteiger partial charge in [0.1, 0.15) is 6.33 Å². The minimum Gasteiger partial charge on any atom is -0.379 e. The molecule has 0 spiro atoms. The lowest BCUT2D eigenvalue weighted by atomic mass is 9.84. The van der Waals surface area contributed by atoms with Crippen LogP contribution in [0.4, 0.5) is 0 Å². The number of hydrogen-bond acceptors (Lipinski definition) is 5. The summed E-state index contributed by atoms with van der Waals surface area (Å²) in [7, 11) is 0. The van der Waals surface area contributed by atoms with Crippen molar-refractivity contribution in [1.29, 1.82) is 0 Å². The number of nitrogens with zero attached hydrogens (tertiary/aromatic N) is 3. The summed E-state index contributed by atoms with van der Waals surface area (Å²) < 4.78 is 0. The van der Waals surface area contributed by atoms with Crippen LogP contribution in [0.3, 0.4) is 0 Å². The third kappa shape index (κ3) is 3.87. The van der Waals surface area contributed by atoms with Crippen LogP contribution in [0.15, 0.2) is 48.0 Å². The maximum atomic E-state index is 6.20. The zero-order valence-corrected chi connectivity index (χ0v) is 15.2. The molecule has 2 N–H and O–H groups in total. The molecule has 1 aromatic heterocycles. The molecule has 0 radical (unpaired) electrons. The molecule has 2 heterocycles. The van der Waals surface area contributed by atoms with E-state index in [-0.39, 0.29) is 6.04 Å². The molecule has 2 aliphatic rings. The molecule has 1 aliphatic heterocycles. The molecule has 25 heavy (non-hydrogen) atoms. The average molecular weight is 353 g/mol. The van der Waals surface area contributed by atoms with Gasteiger partial charge in [-0.25, -0.2) is 9.97 Å². The number of nitrogens with two attached hydrogens (primary N) is 1. The first-order valence-corrected chi connectivity index (χ1v) is 10.0. The highest BCUT2D eigenvalue weighted by molar-refractivity contribution is 8.14. The van der Waals surface area contributed by atoms with E-state index in [1.807, 2.05) is 12.4 Å². The van der Waals surface area contributed by atoms with Gasteiger partial charge in [0.05, 0.1) is 6.04 Å². The Morgan fingerprint density at radius 3 is 2.60 bits per heavy atom. The van der Waals surface area contributed by atoms with Crippen LogP contribution in [-0.2, 0) is 0 Å². The van der Waals surface area contributed by atoms with Crippen molar-refractivity contribution in [2.45, 2.75) is 49.8 Å². The van der Waals surface area contributed by atoms with Gasteiger partial charge in [0.15, 0.2) is 5.17 Å². The van der Waals surface area contributed by atoms with Gasteiger partial charge in [-0.15, -0.1) is 0 Å². The number of aliphatic imine (C=N–C) groups is 1. The topological polar surface area (TPSA) is 64.2 Å². The van der Waals surface area contributed by atoms with Crippen LogP contribution < -0.4 is 5.73 Å². The van der Waals surface area contributed by atoms with Gasteiger partial charge in [0, 0.05) is 23.2 Å². The van der Waals surface area contributed by atoms with E-state index in [0.717, 1.165) is 28.6 Å². The summed E-state index contributed by atoms with van der Waals surface area (Å²) in [4.78, 5) is 13.0. The Hall–Kier alpha value is -1.88. The maximum Gasteiger partial charge on any atom is 0.154 e. The summed E-state index contributed by atoms with van der Waals surface area (Å²) >= 11 is 1.80. The number of hydrogen-bond donors (Lipinski definition) is 1. The summed E-state index contributed by atoms with van der Waals surface area (Å²) in [6.45, 7) is 0. The van der Waals surface area contributed by atoms with E-state index >= 15 is 0 Å². The van der Waals surface area contributed by atoms with Gasteiger partial charge in [-0.05, 0) is 42.4 Å². The maximum absolute atomic E-state index is 6.20. The van der Waals surface area contributed by atoms with Gasteiger partial charge in [0.2, 0.25) is 0 Å².